The van der Waals surface area contributed by atoms with E-state index >= 15 is 0 Å². The van der Waals surface area contributed by atoms with Gasteiger partial charge in [-0.15, -0.1) is 0 Å². The Morgan fingerprint density at radius 1 is 1.23 bits per heavy atom. The van der Waals surface area contributed by atoms with Crippen LogP contribution in [0.5, 0.6) is 0 Å². The van der Waals surface area contributed by atoms with Gasteiger partial charge in [0.15, 0.2) is 17.0 Å². The molecule has 0 amide bonds. The van der Waals surface area contributed by atoms with Crippen LogP contribution in [0.3, 0.4) is 0 Å². The Morgan fingerprint density at radius 3 is 2.77 bits per heavy atom. The molecule has 1 aromatic carbocycles. The highest BCUT2D eigenvalue weighted by atomic mass is 35.5. The second-order valence-electron chi connectivity index (χ2n) is 8.11. The molecule has 0 unspecified atom stereocenters. The van der Waals surface area contributed by atoms with Crippen LogP contribution in [0.2, 0.25) is 5.02 Å². The van der Waals surface area contributed by atoms with E-state index in [0.29, 0.717) is 34.7 Å². The third kappa shape index (κ3) is 2.93. The molecule has 1 aliphatic heterocycles. The van der Waals surface area contributed by atoms with E-state index in [1.807, 2.05) is 6.07 Å². The molecule has 0 bridgehead atoms. The highest BCUT2D eigenvalue weighted by Crippen LogP contribution is 2.58. The second kappa shape index (κ2) is 6.61. The molecular weight excluding hydrogens is 425 g/mol. The summed E-state index contributed by atoms with van der Waals surface area (Å²) in [4.78, 5) is 27.6. The minimum Gasteiger partial charge on any atom is -0.371 e. The lowest BCUT2D eigenvalue weighted by molar-refractivity contribution is 0.363. The van der Waals surface area contributed by atoms with E-state index in [0.717, 1.165) is 18.8 Å². The average molecular weight is 442 g/mol. The van der Waals surface area contributed by atoms with Crippen molar-refractivity contribution in [2.45, 2.75) is 12.5 Å². The third-order valence-corrected chi connectivity index (χ3v) is 6.56. The van der Waals surface area contributed by atoms with Gasteiger partial charge < -0.3 is 14.0 Å². The lowest BCUT2D eigenvalue weighted by atomic mass is 10.2. The molecule has 2 fully saturated rings. The Kier molecular flexibility index (Phi) is 3.95. The van der Waals surface area contributed by atoms with Gasteiger partial charge in [-0.3, -0.25) is 9.36 Å². The van der Waals surface area contributed by atoms with Gasteiger partial charge in [-0.2, -0.15) is 4.98 Å². The molecule has 31 heavy (non-hydrogen) atoms. The summed E-state index contributed by atoms with van der Waals surface area (Å²) in [5, 5.41) is 4.27. The summed E-state index contributed by atoms with van der Waals surface area (Å²) in [6.07, 6.45) is 3.00. The van der Waals surface area contributed by atoms with E-state index in [-0.39, 0.29) is 23.0 Å². The van der Waals surface area contributed by atoms with E-state index in [9.17, 15) is 9.18 Å². The maximum absolute atomic E-state index is 13.8. The standard InChI is InChI=1S/C20H17ClFN7O2/c1-27-8-23-19-17(27)20(30)29(9-24-19)7-15-25-18(26-31-15)16-11-5-28(6-12(11)16)10-2-3-13(21)14(22)4-10/h2-4,8-9,11-12,16H,5-7H2,1H3/t11-,12+,16-. The summed E-state index contributed by atoms with van der Waals surface area (Å²) in [6.45, 7) is 1.76. The Bertz CT molecular complexity index is 1370. The first-order chi connectivity index (χ1) is 15.0. The van der Waals surface area contributed by atoms with Crippen molar-refractivity contribution in [3.63, 3.8) is 0 Å². The summed E-state index contributed by atoms with van der Waals surface area (Å²) >= 11 is 5.78. The van der Waals surface area contributed by atoms with Crippen molar-refractivity contribution in [3.05, 3.63) is 63.8 Å². The number of anilines is 1. The van der Waals surface area contributed by atoms with E-state index in [4.69, 9.17) is 16.1 Å². The van der Waals surface area contributed by atoms with E-state index in [1.165, 1.54) is 17.0 Å². The van der Waals surface area contributed by atoms with Gasteiger partial charge >= 0.3 is 0 Å². The fraction of sp³-hybridized carbons (Fsp3) is 0.350. The topological polar surface area (TPSA) is 94.9 Å². The van der Waals surface area contributed by atoms with Crippen molar-refractivity contribution in [2.75, 3.05) is 18.0 Å². The van der Waals surface area contributed by atoms with E-state index < -0.39 is 5.82 Å². The van der Waals surface area contributed by atoms with Crippen LogP contribution in [0.25, 0.3) is 11.2 Å². The van der Waals surface area contributed by atoms with Gasteiger partial charge in [-0.25, -0.2) is 14.4 Å². The highest BCUT2D eigenvalue weighted by Gasteiger charge is 2.58. The van der Waals surface area contributed by atoms with Crippen LogP contribution >= 0.6 is 11.6 Å². The van der Waals surface area contributed by atoms with Crippen LogP contribution in [0.4, 0.5) is 10.1 Å². The Hall–Kier alpha value is -3.27. The maximum Gasteiger partial charge on any atom is 0.280 e. The van der Waals surface area contributed by atoms with Crippen LogP contribution < -0.4 is 10.5 Å². The molecule has 3 atom stereocenters. The highest BCUT2D eigenvalue weighted by molar-refractivity contribution is 6.30. The summed E-state index contributed by atoms with van der Waals surface area (Å²) in [5.41, 5.74) is 1.46. The predicted molar refractivity (Wildman–Crippen MR) is 110 cm³/mol. The van der Waals surface area contributed by atoms with Crippen molar-refractivity contribution in [3.8, 4) is 0 Å². The molecule has 1 aliphatic carbocycles. The average Bonchev–Trinajstić information content (AvgIpc) is 3.18. The summed E-state index contributed by atoms with van der Waals surface area (Å²) in [7, 11) is 1.75. The quantitative estimate of drug-likeness (QED) is 0.479. The number of imidazole rings is 1. The van der Waals surface area contributed by atoms with Crippen LogP contribution in [0.15, 0.2) is 40.2 Å². The lowest BCUT2D eigenvalue weighted by Crippen LogP contribution is -2.24. The van der Waals surface area contributed by atoms with Crippen molar-refractivity contribution in [1.82, 2.24) is 29.2 Å². The first-order valence-electron chi connectivity index (χ1n) is 9.88. The zero-order valence-corrected chi connectivity index (χ0v) is 17.2. The molecule has 158 valence electrons. The number of aryl methyl sites for hydroxylation is 1. The first-order valence-corrected chi connectivity index (χ1v) is 10.3. The Labute approximate surface area is 180 Å². The zero-order chi connectivity index (χ0) is 21.3. The van der Waals surface area contributed by atoms with Crippen LogP contribution in [-0.2, 0) is 13.6 Å². The van der Waals surface area contributed by atoms with Gasteiger partial charge in [0.2, 0.25) is 5.89 Å². The third-order valence-electron chi connectivity index (χ3n) is 6.25. The number of hydrogen-bond acceptors (Lipinski definition) is 7. The van der Waals surface area contributed by atoms with Crippen molar-refractivity contribution in [1.29, 1.82) is 0 Å². The molecule has 11 heteroatoms. The van der Waals surface area contributed by atoms with Crippen molar-refractivity contribution < 1.29 is 8.91 Å². The normalized spacial score (nSPS) is 22.3. The van der Waals surface area contributed by atoms with Crippen LogP contribution in [-0.4, -0.2) is 42.3 Å². The molecule has 3 aromatic heterocycles. The van der Waals surface area contributed by atoms with Gasteiger partial charge in [-0.1, -0.05) is 16.8 Å². The second-order valence-corrected chi connectivity index (χ2v) is 8.52. The lowest BCUT2D eigenvalue weighted by Gasteiger charge is -2.21. The van der Waals surface area contributed by atoms with Crippen molar-refractivity contribution in [2.24, 2.45) is 18.9 Å². The van der Waals surface area contributed by atoms with Crippen molar-refractivity contribution >= 4 is 28.5 Å². The van der Waals surface area contributed by atoms with Gasteiger partial charge in [0.25, 0.3) is 5.56 Å². The fourth-order valence-corrected chi connectivity index (χ4v) is 4.72. The first kappa shape index (κ1) is 18.5. The predicted octanol–water partition coefficient (Wildman–Crippen LogP) is 2.20. The number of halogens is 2. The van der Waals surface area contributed by atoms with Gasteiger partial charge in [0.1, 0.15) is 18.7 Å². The Balaban J connectivity index is 1.16. The number of fused-ring (bicyclic) bond motifs is 2. The molecule has 0 spiro atoms. The maximum atomic E-state index is 13.8. The summed E-state index contributed by atoms with van der Waals surface area (Å²) in [6, 6.07) is 4.89. The van der Waals surface area contributed by atoms with Gasteiger partial charge in [-0.05, 0) is 30.0 Å². The zero-order valence-electron chi connectivity index (χ0n) is 16.4. The molecule has 0 radical (unpaired) electrons. The number of benzene rings is 1. The minimum atomic E-state index is -0.409. The smallest absolute Gasteiger partial charge is 0.280 e. The Morgan fingerprint density at radius 2 is 2.00 bits per heavy atom. The molecule has 0 N–H and O–H groups in total. The molecule has 4 aromatic rings. The fourth-order valence-electron chi connectivity index (χ4n) is 4.60. The summed E-state index contributed by atoms with van der Waals surface area (Å²) in [5.74, 6) is 1.64. The molecule has 2 aliphatic rings. The number of aromatic nitrogens is 6. The molecule has 4 heterocycles. The van der Waals surface area contributed by atoms with Gasteiger partial charge in [0, 0.05) is 31.7 Å². The SMILES string of the molecule is Cn1cnc2ncn(Cc3nc([C@@H]4[C@@H]5CN(c6ccc(Cl)c(F)c6)C[C@@H]54)no3)c(=O)c21. The number of piperidine rings is 1. The monoisotopic (exact) mass is 441 g/mol. The van der Waals surface area contributed by atoms with Crippen LogP contribution in [0, 0.1) is 17.7 Å². The number of nitrogens with zero attached hydrogens (tertiary/aromatic N) is 7. The minimum absolute atomic E-state index is 0.127. The van der Waals surface area contributed by atoms with Gasteiger partial charge in [0.05, 0.1) is 11.3 Å². The molecular formula is C20H17ClFN7O2. The molecule has 1 saturated carbocycles. The molecule has 9 nitrogen and oxygen atoms in total. The van der Waals surface area contributed by atoms with E-state index in [1.54, 1.807) is 24.0 Å². The summed E-state index contributed by atoms with van der Waals surface area (Å²) < 4.78 is 22.2. The molecule has 1 saturated heterocycles. The number of rotatable bonds is 4. The van der Waals surface area contributed by atoms with Crippen LogP contribution in [0.1, 0.15) is 17.6 Å². The van der Waals surface area contributed by atoms with E-state index in [2.05, 4.69) is 25.0 Å². The largest absolute Gasteiger partial charge is 0.371 e. The molecule has 6 rings (SSSR count). The number of hydrogen-bond donors (Lipinski definition) is 0.